The standard InChI is InChI=1S/C21H20ClNO3/c1-25-17-11-10-16(22)18-14-4-3-5-15(14)19(23-20(17)18)12-6-8-13(9-7-12)21(24)26-2/h3-4,6-11,14-15,19,23H,5H2,1-2H3/t14-,15-,19-/m0/s1. The maximum atomic E-state index is 11.7. The van der Waals surface area contributed by atoms with Gasteiger partial charge in [0, 0.05) is 16.5 Å². The molecule has 0 radical (unpaired) electrons. The molecule has 0 saturated heterocycles. The molecule has 0 spiro atoms. The van der Waals surface area contributed by atoms with Crippen molar-refractivity contribution in [2.75, 3.05) is 19.5 Å². The number of carbonyl (C=O) groups is 1. The number of allylic oxidation sites excluding steroid dienone is 2. The van der Waals surface area contributed by atoms with Crippen molar-refractivity contribution >= 4 is 23.3 Å². The Morgan fingerprint density at radius 2 is 1.92 bits per heavy atom. The Kier molecular flexibility index (Phi) is 4.37. The molecule has 1 aliphatic carbocycles. The predicted molar refractivity (Wildman–Crippen MR) is 102 cm³/mol. The summed E-state index contributed by atoms with van der Waals surface area (Å²) in [7, 11) is 3.06. The van der Waals surface area contributed by atoms with Gasteiger partial charge in [-0.25, -0.2) is 4.79 Å². The Balaban J connectivity index is 1.75. The monoisotopic (exact) mass is 369 g/mol. The summed E-state index contributed by atoms with van der Waals surface area (Å²) in [6, 6.07) is 11.5. The van der Waals surface area contributed by atoms with Crippen molar-refractivity contribution in [1.29, 1.82) is 0 Å². The molecule has 1 aliphatic heterocycles. The highest BCUT2D eigenvalue weighted by Crippen LogP contribution is 2.54. The maximum Gasteiger partial charge on any atom is 0.337 e. The lowest BCUT2D eigenvalue weighted by Crippen LogP contribution is -2.29. The first-order valence-corrected chi connectivity index (χ1v) is 8.99. The van der Waals surface area contributed by atoms with E-state index in [0.717, 1.165) is 34.0 Å². The Labute approximate surface area is 157 Å². The number of hydrogen-bond acceptors (Lipinski definition) is 4. The number of ether oxygens (including phenoxy) is 2. The van der Waals surface area contributed by atoms with Crippen LogP contribution in [0.4, 0.5) is 5.69 Å². The second kappa shape index (κ2) is 6.69. The van der Waals surface area contributed by atoms with Crippen LogP contribution in [-0.4, -0.2) is 20.2 Å². The molecule has 0 saturated carbocycles. The van der Waals surface area contributed by atoms with Gasteiger partial charge in [-0.05, 0) is 42.2 Å². The molecular formula is C21H20ClNO3. The van der Waals surface area contributed by atoms with Crippen LogP contribution in [0.3, 0.4) is 0 Å². The van der Waals surface area contributed by atoms with E-state index < -0.39 is 0 Å². The van der Waals surface area contributed by atoms with Gasteiger partial charge >= 0.3 is 5.97 Å². The van der Waals surface area contributed by atoms with Crippen molar-refractivity contribution in [3.63, 3.8) is 0 Å². The highest BCUT2D eigenvalue weighted by molar-refractivity contribution is 6.32. The quantitative estimate of drug-likeness (QED) is 0.613. The number of carbonyl (C=O) groups excluding carboxylic acids is 1. The molecule has 0 unspecified atom stereocenters. The molecule has 4 rings (SSSR count). The van der Waals surface area contributed by atoms with E-state index in [9.17, 15) is 4.79 Å². The molecule has 4 nitrogen and oxygen atoms in total. The Morgan fingerprint density at radius 3 is 2.62 bits per heavy atom. The first-order valence-electron chi connectivity index (χ1n) is 8.62. The second-order valence-electron chi connectivity index (χ2n) is 6.63. The number of nitrogens with one attached hydrogen (secondary N) is 1. The molecule has 2 aromatic carbocycles. The molecule has 3 atom stereocenters. The number of fused-ring (bicyclic) bond motifs is 3. The molecule has 2 aromatic rings. The number of methoxy groups -OCH3 is 2. The minimum atomic E-state index is -0.327. The minimum absolute atomic E-state index is 0.113. The van der Waals surface area contributed by atoms with Gasteiger partial charge in [-0.1, -0.05) is 35.9 Å². The number of anilines is 1. The van der Waals surface area contributed by atoms with Crippen molar-refractivity contribution in [2.45, 2.75) is 18.4 Å². The number of esters is 1. The fourth-order valence-electron chi connectivity index (χ4n) is 4.08. The number of hydrogen-bond donors (Lipinski definition) is 1. The van der Waals surface area contributed by atoms with Gasteiger partial charge in [-0.15, -0.1) is 0 Å². The summed E-state index contributed by atoms with van der Waals surface area (Å²) >= 11 is 6.52. The van der Waals surface area contributed by atoms with Crippen LogP contribution >= 0.6 is 11.6 Å². The zero-order chi connectivity index (χ0) is 18.3. The zero-order valence-electron chi connectivity index (χ0n) is 14.7. The van der Waals surface area contributed by atoms with Gasteiger partial charge in [-0.3, -0.25) is 0 Å². The van der Waals surface area contributed by atoms with Crippen LogP contribution in [0.15, 0.2) is 48.6 Å². The van der Waals surface area contributed by atoms with Crippen LogP contribution in [0.5, 0.6) is 5.75 Å². The van der Waals surface area contributed by atoms with Gasteiger partial charge in [0.25, 0.3) is 0 Å². The molecular weight excluding hydrogens is 350 g/mol. The molecule has 0 amide bonds. The van der Waals surface area contributed by atoms with Crippen molar-refractivity contribution in [3.05, 3.63) is 70.3 Å². The summed E-state index contributed by atoms with van der Waals surface area (Å²) in [5.74, 6) is 1.09. The Bertz CT molecular complexity index is 876. The van der Waals surface area contributed by atoms with E-state index in [0.29, 0.717) is 11.5 Å². The lowest BCUT2D eigenvalue weighted by atomic mass is 9.76. The van der Waals surface area contributed by atoms with Gasteiger partial charge < -0.3 is 14.8 Å². The van der Waals surface area contributed by atoms with Crippen molar-refractivity contribution in [1.82, 2.24) is 0 Å². The van der Waals surface area contributed by atoms with Crippen molar-refractivity contribution in [2.24, 2.45) is 5.92 Å². The lowest BCUT2D eigenvalue weighted by Gasteiger charge is -2.38. The van der Waals surface area contributed by atoms with E-state index in [1.807, 2.05) is 36.4 Å². The fourth-order valence-corrected chi connectivity index (χ4v) is 4.37. The third-order valence-corrected chi connectivity index (χ3v) is 5.67. The van der Waals surface area contributed by atoms with Crippen LogP contribution in [-0.2, 0) is 4.74 Å². The molecule has 26 heavy (non-hydrogen) atoms. The number of rotatable bonds is 3. The molecule has 0 bridgehead atoms. The molecule has 1 heterocycles. The molecule has 0 fully saturated rings. The summed E-state index contributed by atoms with van der Waals surface area (Å²) in [6.07, 6.45) is 5.44. The lowest BCUT2D eigenvalue weighted by molar-refractivity contribution is 0.0600. The SMILES string of the molecule is COC(=O)c1ccc([C@@H]2Nc3c(OC)ccc(Cl)c3[C@H]3C=CC[C@@H]32)cc1. The Hall–Kier alpha value is -2.46. The Morgan fingerprint density at radius 1 is 1.15 bits per heavy atom. The number of benzene rings is 2. The minimum Gasteiger partial charge on any atom is -0.495 e. The molecule has 2 aliphatic rings. The van der Waals surface area contributed by atoms with Crippen LogP contribution in [0, 0.1) is 5.92 Å². The average molecular weight is 370 g/mol. The predicted octanol–water partition coefficient (Wildman–Crippen LogP) is 4.96. The van der Waals surface area contributed by atoms with E-state index in [1.165, 1.54) is 7.11 Å². The van der Waals surface area contributed by atoms with Crippen LogP contribution in [0.25, 0.3) is 0 Å². The summed E-state index contributed by atoms with van der Waals surface area (Å²) in [6.45, 7) is 0. The van der Waals surface area contributed by atoms with E-state index >= 15 is 0 Å². The third kappa shape index (κ3) is 2.65. The van der Waals surface area contributed by atoms with Crippen LogP contribution in [0.2, 0.25) is 5.02 Å². The van der Waals surface area contributed by atoms with Crippen LogP contribution in [0.1, 0.15) is 39.9 Å². The van der Waals surface area contributed by atoms with E-state index in [-0.39, 0.29) is 17.9 Å². The zero-order valence-corrected chi connectivity index (χ0v) is 15.4. The smallest absolute Gasteiger partial charge is 0.337 e. The summed E-state index contributed by atoms with van der Waals surface area (Å²) in [5, 5.41) is 4.40. The third-order valence-electron chi connectivity index (χ3n) is 5.34. The summed E-state index contributed by atoms with van der Waals surface area (Å²) in [5.41, 5.74) is 3.74. The highest BCUT2D eigenvalue weighted by atomic mass is 35.5. The summed E-state index contributed by atoms with van der Waals surface area (Å²) in [4.78, 5) is 11.7. The number of halogens is 1. The van der Waals surface area contributed by atoms with Gasteiger partial charge in [0.2, 0.25) is 0 Å². The van der Waals surface area contributed by atoms with Gasteiger partial charge in [0.1, 0.15) is 5.75 Å². The average Bonchev–Trinajstić information content (AvgIpc) is 3.16. The normalized spacial score (nSPS) is 23.0. The molecule has 1 N–H and O–H groups in total. The van der Waals surface area contributed by atoms with Gasteiger partial charge in [-0.2, -0.15) is 0 Å². The fraction of sp³-hybridized carbons (Fsp3) is 0.286. The van der Waals surface area contributed by atoms with Crippen molar-refractivity contribution < 1.29 is 14.3 Å². The van der Waals surface area contributed by atoms with Crippen molar-refractivity contribution in [3.8, 4) is 5.75 Å². The molecule has 134 valence electrons. The summed E-state index contributed by atoms with van der Waals surface area (Å²) < 4.78 is 10.3. The first kappa shape index (κ1) is 17.0. The van der Waals surface area contributed by atoms with Gasteiger partial charge in [0.15, 0.2) is 0 Å². The second-order valence-corrected chi connectivity index (χ2v) is 7.03. The maximum absolute atomic E-state index is 11.7. The highest BCUT2D eigenvalue weighted by Gasteiger charge is 2.40. The van der Waals surface area contributed by atoms with E-state index in [2.05, 4.69) is 17.5 Å². The van der Waals surface area contributed by atoms with E-state index in [4.69, 9.17) is 21.1 Å². The largest absolute Gasteiger partial charge is 0.495 e. The van der Waals surface area contributed by atoms with E-state index in [1.54, 1.807) is 7.11 Å². The van der Waals surface area contributed by atoms with Gasteiger partial charge in [0.05, 0.1) is 31.5 Å². The topological polar surface area (TPSA) is 47.6 Å². The molecule has 0 aromatic heterocycles. The first-order chi connectivity index (χ1) is 12.6. The van der Waals surface area contributed by atoms with Crippen LogP contribution < -0.4 is 10.1 Å². The molecule has 5 heteroatoms.